The molecule has 0 N–H and O–H groups in total. The maximum Gasteiger partial charge on any atom is 0.260 e. The van der Waals surface area contributed by atoms with Crippen molar-refractivity contribution in [1.29, 1.82) is 0 Å². The third kappa shape index (κ3) is 3.60. The van der Waals surface area contributed by atoms with Gasteiger partial charge in [-0.3, -0.25) is 4.79 Å². The summed E-state index contributed by atoms with van der Waals surface area (Å²) >= 11 is 0. The topological polar surface area (TPSA) is 73.1 Å². The molecule has 8 heteroatoms. The van der Waals surface area contributed by atoms with E-state index in [0.29, 0.717) is 18.8 Å². The van der Waals surface area contributed by atoms with E-state index in [1.165, 1.54) is 12.1 Å². The molecular weight excluding hydrogens is 349 g/mol. The SMILES string of the molecule is Cn1nc(C2CCCN(C(=O)COc3cccc(F)c3)C2)c2nccnc21. The molecule has 3 aromatic rings. The van der Waals surface area contributed by atoms with Gasteiger partial charge >= 0.3 is 0 Å². The molecule has 1 aromatic carbocycles. The molecule has 140 valence electrons. The minimum atomic E-state index is -0.388. The van der Waals surface area contributed by atoms with E-state index in [1.807, 2.05) is 7.05 Å². The van der Waals surface area contributed by atoms with Crippen LogP contribution in [0.15, 0.2) is 36.7 Å². The second kappa shape index (κ2) is 7.30. The highest BCUT2D eigenvalue weighted by Gasteiger charge is 2.29. The van der Waals surface area contributed by atoms with E-state index in [1.54, 1.807) is 34.1 Å². The fraction of sp³-hybridized carbons (Fsp3) is 0.368. The average molecular weight is 369 g/mol. The lowest BCUT2D eigenvalue weighted by Gasteiger charge is -2.32. The van der Waals surface area contributed by atoms with Crippen LogP contribution in [0.1, 0.15) is 24.5 Å². The Labute approximate surface area is 155 Å². The van der Waals surface area contributed by atoms with Gasteiger partial charge in [0.25, 0.3) is 5.91 Å². The smallest absolute Gasteiger partial charge is 0.260 e. The Bertz CT molecular complexity index is 974. The monoisotopic (exact) mass is 369 g/mol. The van der Waals surface area contributed by atoms with Crippen molar-refractivity contribution in [1.82, 2.24) is 24.6 Å². The molecule has 0 spiro atoms. The van der Waals surface area contributed by atoms with Crippen molar-refractivity contribution < 1.29 is 13.9 Å². The normalized spacial score (nSPS) is 17.3. The molecule has 0 bridgehead atoms. The number of ether oxygens (including phenoxy) is 1. The number of benzene rings is 1. The van der Waals surface area contributed by atoms with Gasteiger partial charge in [-0.25, -0.2) is 19.0 Å². The highest BCUT2D eigenvalue weighted by atomic mass is 19.1. The Morgan fingerprint density at radius 3 is 3.04 bits per heavy atom. The fourth-order valence-corrected chi connectivity index (χ4v) is 3.50. The largest absolute Gasteiger partial charge is 0.484 e. The summed E-state index contributed by atoms with van der Waals surface area (Å²) in [7, 11) is 1.85. The van der Waals surface area contributed by atoms with Crippen LogP contribution in [-0.2, 0) is 11.8 Å². The molecule has 1 aliphatic rings. The number of fused-ring (bicyclic) bond motifs is 1. The van der Waals surface area contributed by atoms with E-state index < -0.39 is 0 Å². The van der Waals surface area contributed by atoms with Crippen LogP contribution in [0.4, 0.5) is 4.39 Å². The van der Waals surface area contributed by atoms with Gasteiger partial charge < -0.3 is 9.64 Å². The van der Waals surface area contributed by atoms with Crippen LogP contribution in [-0.4, -0.2) is 50.3 Å². The van der Waals surface area contributed by atoms with Gasteiger partial charge in [-0.2, -0.15) is 5.10 Å². The zero-order valence-electron chi connectivity index (χ0n) is 15.0. The minimum absolute atomic E-state index is 0.109. The van der Waals surface area contributed by atoms with Gasteiger partial charge in [-0.1, -0.05) is 6.07 Å². The van der Waals surface area contributed by atoms with Crippen molar-refractivity contribution in [2.75, 3.05) is 19.7 Å². The zero-order valence-corrected chi connectivity index (χ0v) is 15.0. The first-order valence-electron chi connectivity index (χ1n) is 8.91. The summed E-state index contributed by atoms with van der Waals surface area (Å²) in [5.74, 6) is -0.0448. The third-order valence-electron chi connectivity index (χ3n) is 4.80. The molecule has 1 aliphatic heterocycles. The van der Waals surface area contributed by atoms with E-state index in [0.717, 1.165) is 29.7 Å². The predicted octanol–water partition coefficient (Wildman–Crippen LogP) is 2.29. The summed E-state index contributed by atoms with van der Waals surface area (Å²) in [6.07, 6.45) is 5.13. The summed E-state index contributed by atoms with van der Waals surface area (Å²) in [4.78, 5) is 23.1. The van der Waals surface area contributed by atoms with Crippen molar-refractivity contribution >= 4 is 17.1 Å². The molecule has 27 heavy (non-hydrogen) atoms. The number of aromatic nitrogens is 4. The maximum atomic E-state index is 13.2. The number of piperidine rings is 1. The summed E-state index contributed by atoms with van der Waals surface area (Å²) in [5, 5.41) is 4.59. The van der Waals surface area contributed by atoms with Crippen LogP contribution in [0.2, 0.25) is 0 Å². The molecule has 2 aromatic heterocycles. The number of carbonyl (C=O) groups is 1. The number of rotatable bonds is 4. The first-order chi connectivity index (χ1) is 13.1. The number of carbonyl (C=O) groups excluding carboxylic acids is 1. The number of hydrogen-bond donors (Lipinski definition) is 0. The van der Waals surface area contributed by atoms with Gasteiger partial charge in [0, 0.05) is 44.5 Å². The second-order valence-electron chi connectivity index (χ2n) is 6.66. The molecule has 0 aliphatic carbocycles. The van der Waals surface area contributed by atoms with E-state index in [9.17, 15) is 9.18 Å². The lowest BCUT2D eigenvalue weighted by Crippen LogP contribution is -2.41. The molecule has 0 radical (unpaired) electrons. The Morgan fingerprint density at radius 1 is 1.33 bits per heavy atom. The number of amides is 1. The maximum absolute atomic E-state index is 13.2. The van der Waals surface area contributed by atoms with Gasteiger partial charge in [0.2, 0.25) is 0 Å². The number of likely N-dealkylation sites (tertiary alicyclic amines) is 1. The molecule has 1 saturated heterocycles. The minimum Gasteiger partial charge on any atom is -0.484 e. The lowest BCUT2D eigenvalue weighted by molar-refractivity contribution is -0.134. The summed E-state index contributed by atoms with van der Waals surface area (Å²) in [5.41, 5.74) is 2.41. The van der Waals surface area contributed by atoms with Crippen molar-refractivity contribution in [3.05, 3.63) is 48.2 Å². The quantitative estimate of drug-likeness (QED) is 0.705. The molecule has 7 nitrogen and oxygen atoms in total. The Morgan fingerprint density at radius 2 is 2.19 bits per heavy atom. The Kier molecular flexibility index (Phi) is 4.70. The van der Waals surface area contributed by atoms with Crippen molar-refractivity contribution in [3.63, 3.8) is 0 Å². The van der Waals surface area contributed by atoms with Gasteiger partial charge in [0.05, 0.1) is 5.69 Å². The molecule has 1 amide bonds. The Balaban J connectivity index is 1.45. The van der Waals surface area contributed by atoms with E-state index >= 15 is 0 Å². The lowest BCUT2D eigenvalue weighted by atomic mass is 9.94. The van der Waals surface area contributed by atoms with Crippen LogP contribution in [0.3, 0.4) is 0 Å². The van der Waals surface area contributed by atoms with E-state index in [-0.39, 0.29) is 24.2 Å². The number of nitrogens with zero attached hydrogens (tertiary/aromatic N) is 5. The van der Waals surface area contributed by atoms with Crippen molar-refractivity contribution in [2.24, 2.45) is 7.05 Å². The van der Waals surface area contributed by atoms with Crippen LogP contribution in [0, 0.1) is 5.82 Å². The van der Waals surface area contributed by atoms with Crippen molar-refractivity contribution in [2.45, 2.75) is 18.8 Å². The van der Waals surface area contributed by atoms with E-state index in [4.69, 9.17) is 4.74 Å². The molecule has 0 saturated carbocycles. The molecule has 1 fully saturated rings. The zero-order chi connectivity index (χ0) is 18.8. The van der Waals surface area contributed by atoms with Crippen molar-refractivity contribution in [3.8, 4) is 5.75 Å². The molecule has 1 unspecified atom stereocenters. The average Bonchev–Trinajstić information content (AvgIpc) is 3.03. The summed E-state index contributed by atoms with van der Waals surface area (Å²) in [6.45, 7) is 1.13. The van der Waals surface area contributed by atoms with Gasteiger partial charge in [-0.15, -0.1) is 0 Å². The highest BCUT2D eigenvalue weighted by Crippen LogP contribution is 2.29. The van der Waals surface area contributed by atoms with Crippen LogP contribution < -0.4 is 4.74 Å². The second-order valence-corrected chi connectivity index (χ2v) is 6.66. The molecule has 4 rings (SSSR count). The molecule has 1 atom stereocenters. The first kappa shape index (κ1) is 17.4. The Hall–Kier alpha value is -3.03. The van der Waals surface area contributed by atoms with Gasteiger partial charge in [0.1, 0.15) is 17.1 Å². The fourth-order valence-electron chi connectivity index (χ4n) is 3.50. The van der Waals surface area contributed by atoms with Gasteiger partial charge in [0.15, 0.2) is 12.3 Å². The van der Waals surface area contributed by atoms with Crippen LogP contribution in [0.25, 0.3) is 11.2 Å². The number of hydrogen-bond acceptors (Lipinski definition) is 5. The highest BCUT2D eigenvalue weighted by molar-refractivity contribution is 5.78. The predicted molar refractivity (Wildman–Crippen MR) is 96.8 cm³/mol. The van der Waals surface area contributed by atoms with Crippen LogP contribution in [0.5, 0.6) is 5.75 Å². The van der Waals surface area contributed by atoms with Gasteiger partial charge in [-0.05, 0) is 25.0 Å². The summed E-state index contributed by atoms with van der Waals surface area (Å²) in [6, 6.07) is 5.79. The standard InChI is InChI=1S/C19H20FN5O2/c1-24-19-18(21-7-8-22-19)17(23-24)13-4-3-9-25(11-13)16(26)12-27-15-6-2-5-14(20)10-15/h2,5-8,10,13H,3-4,9,11-12H2,1H3. The molecule has 3 heterocycles. The number of aryl methyl sites for hydroxylation is 1. The summed E-state index contributed by atoms with van der Waals surface area (Å²) < 4.78 is 20.4. The van der Waals surface area contributed by atoms with Crippen LogP contribution >= 0.6 is 0 Å². The number of halogens is 1. The third-order valence-corrected chi connectivity index (χ3v) is 4.80. The molecular formula is C19H20FN5O2. The van der Waals surface area contributed by atoms with E-state index in [2.05, 4.69) is 15.1 Å². The first-order valence-corrected chi connectivity index (χ1v) is 8.91.